The Hall–Kier alpha value is -0.680. The third kappa shape index (κ3) is 8.61. The number of carbonyl (C=O) groups excluding carboxylic acids is 1. The zero-order valence-corrected chi connectivity index (χ0v) is 10.2. The van der Waals surface area contributed by atoms with Crippen LogP contribution in [-0.2, 0) is 18.6 Å². The molecule has 0 aromatic rings. The number of phosphoric acid groups is 1. The van der Waals surface area contributed by atoms with E-state index in [4.69, 9.17) is 14.5 Å². The van der Waals surface area contributed by atoms with Crippen molar-refractivity contribution in [1.82, 2.24) is 0 Å². The lowest BCUT2D eigenvalue weighted by Gasteiger charge is -2.19. The average molecular weight is 252 g/mol. The molecule has 0 rings (SSSR count). The van der Waals surface area contributed by atoms with Crippen LogP contribution in [-0.4, -0.2) is 28.5 Å². The van der Waals surface area contributed by atoms with Gasteiger partial charge in [-0.2, -0.15) is 0 Å². The van der Waals surface area contributed by atoms with E-state index in [0.29, 0.717) is 6.42 Å². The Kier molecular flexibility index (Phi) is 6.52. The Morgan fingerprint density at radius 3 is 2.44 bits per heavy atom. The van der Waals surface area contributed by atoms with Crippen LogP contribution in [0.25, 0.3) is 0 Å². The van der Waals surface area contributed by atoms with Crippen LogP contribution in [0.4, 0.5) is 0 Å². The van der Waals surface area contributed by atoms with E-state index in [1.54, 1.807) is 0 Å². The van der Waals surface area contributed by atoms with Gasteiger partial charge in [0, 0.05) is 6.08 Å². The molecule has 0 aliphatic heterocycles. The first-order valence-electron chi connectivity index (χ1n) is 4.77. The Morgan fingerprint density at radius 1 is 1.50 bits per heavy atom. The van der Waals surface area contributed by atoms with Crippen LogP contribution in [0.1, 0.15) is 20.3 Å². The van der Waals surface area contributed by atoms with Gasteiger partial charge in [-0.15, -0.1) is 0 Å². The van der Waals surface area contributed by atoms with E-state index in [2.05, 4.69) is 11.1 Å². The quantitative estimate of drug-likeness (QED) is 0.402. The van der Waals surface area contributed by atoms with Crippen LogP contribution in [0, 0.1) is 5.92 Å². The van der Waals surface area contributed by atoms with Gasteiger partial charge >= 0.3 is 13.8 Å². The first-order chi connectivity index (χ1) is 7.24. The van der Waals surface area contributed by atoms with Crippen LogP contribution in [0.5, 0.6) is 0 Å². The molecule has 0 saturated carbocycles. The molecule has 6 nitrogen and oxygen atoms in total. The van der Waals surface area contributed by atoms with Gasteiger partial charge in [-0.1, -0.05) is 20.4 Å². The summed E-state index contributed by atoms with van der Waals surface area (Å²) in [4.78, 5) is 28.0. The molecule has 0 spiro atoms. The monoisotopic (exact) mass is 252 g/mol. The van der Waals surface area contributed by atoms with Crippen molar-refractivity contribution in [2.24, 2.45) is 5.92 Å². The van der Waals surface area contributed by atoms with Gasteiger partial charge in [-0.3, -0.25) is 4.52 Å². The standard InChI is InChI=1S/C9H17O6P/c1-4-9(10)15-8(5-7(2)3)6-14-16(11,12)13/h4,7-8H,1,5-6H2,2-3H3,(H2,11,12,13). The van der Waals surface area contributed by atoms with E-state index in [0.717, 1.165) is 6.08 Å². The number of carbonyl (C=O) groups is 1. The summed E-state index contributed by atoms with van der Waals surface area (Å²) in [7, 11) is -4.53. The summed E-state index contributed by atoms with van der Waals surface area (Å²) < 4.78 is 19.7. The number of esters is 1. The minimum atomic E-state index is -4.53. The third-order valence-electron chi connectivity index (χ3n) is 1.61. The number of hydrogen-bond donors (Lipinski definition) is 2. The molecule has 0 amide bonds. The first-order valence-corrected chi connectivity index (χ1v) is 6.30. The highest BCUT2D eigenvalue weighted by Crippen LogP contribution is 2.36. The van der Waals surface area contributed by atoms with Gasteiger partial charge in [0.2, 0.25) is 0 Å². The Labute approximate surface area is 94.5 Å². The van der Waals surface area contributed by atoms with E-state index in [9.17, 15) is 9.36 Å². The highest BCUT2D eigenvalue weighted by Gasteiger charge is 2.21. The first kappa shape index (κ1) is 15.3. The number of phosphoric ester groups is 1. The number of hydrogen-bond acceptors (Lipinski definition) is 4. The highest BCUT2D eigenvalue weighted by atomic mass is 31.2. The van der Waals surface area contributed by atoms with Gasteiger partial charge in [-0.05, 0) is 12.3 Å². The van der Waals surface area contributed by atoms with Crippen molar-refractivity contribution in [3.8, 4) is 0 Å². The van der Waals surface area contributed by atoms with Crippen molar-refractivity contribution in [3.05, 3.63) is 12.7 Å². The molecule has 0 fully saturated rings. The molecular weight excluding hydrogens is 235 g/mol. The maximum atomic E-state index is 10.9. The minimum absolute atomic E-state index is 0.211. The van der Waals surface area contributed by atoms with E-state index in [-0.39, 0.29) is 12.5 Å². The van der Waals surface area contributed by atoms with E-state index in [1.165, 1.54) is 0 Å². The Morgan fingerprint density at radius 2 is 2.06 bits per heavy atom. The Balaban J connectivity index is 4.26. The fourth-order valence-electron chi connectivity index (χ4n) is 1.07. The van der Waals surface area contributed by atoms with Crippen LogP contribution < -0.4 is 0 Å². The lowest BCUT2D eigenvalue weighted by molar-refractivity contribution is -0.145. The topological polar surface area (TPSA) is 93.1 Å². The van der Waals surface area contributed by atoms with Crippen molar-refractivity contribution in [1.29, 1.82) is 0 Å². The zero-order valence-electron chi connectivity index (χ0n) is 9.33. The summed E-state index contributed by atoms with van der Waals surface area (Å²) >= 11 is 0. The van der Waals surface area contributed by atoms with Gasteiger partial charge in [0.25, 0.3) is 0 Å². The predicted molar refractivity (Wildman–Crippen MR) is 57.5 cm³/mol. The largest absolute Gasteiger partial charge is 0.469 e. The molecule has 2 N–H and O–H groups in total. The molecular formula is C9H17O6P. The van der Waals surface area contributed by atoms with Crippen molar-refractivity contribution >= 4 is 13.8 Å². The molecule has 0 aromatic carbocycles. The predicted octanol–water partition coefficient (Wildman–Crippen LogP) is 1.24. The fourth-order valence-corrected chi connectivity index (χ4v) is 1.43. The SMILES string of the molecule is C=CC(=O)OC(COP(=O)(O)O)CC(C)C. The fraction of sp³-hybridized carbons (Fsp3) is 0.667. The third-order valence-corrected chi connectivity index (χ3v) is 2.10. The maximum absolute atomic E-state index is 10.9. The average Bonchev–Trinajstić information content (AvgIpc) is 2.12. The van der Waals surface area contributed by atoms with E-state index >= 15 is 0 Å². The molecule has 1 atom stereocenters. The van der Waals surface area contributed by atoms with Crippen LogP contribution in [0.15, 0.2) is 12.7 Å². The van der Waals surface area contributed by atoms with Crippen LogP contribution >= 0.6 is 7.82 Å². The van der Waals surface area contributed by atoms with E-state index < -0.39 is 19.9 Å². The van der Waals surface area contributed by atoms with Crippen LogP contribution in [0.3, 0.4) is 0 Å². The van der Waals surface area contributed by atoms with Gasteiger partial charge in [0.1, 0.15) is 6.10 Å². The summed E-state index contributed by atoms with van der Waals surface area (Å²) in [6.07, 6.45) is 0.767. The molecule has 0 heterocycles. The summed E-state index contributed by atoms with van der Waals surface area (Å²) in [5, 5.41) is 0. The second-order valence-electron chi connectivity index (χ2n) is 3.68. The zero-order chi connectivity index (χ0) is 12.8. The van der Waals surface area contributed by atoms with Gasteiger partial charge < -0.3 is 14.5 Å². The van der Waals surface area contributed by atoms with Crippen molar-refractivity contribution < 1.29 is 28.4 Å². The highest BCUT2D eigenvalue weighted by molar-refractivity contribution is 7.46. The Bertz CT molecular complexity index is 282. The number of rotatable bonds is 7. The van der Waals surface area contributed by atoms with E-state index in [1.807, 2.05) is 13.8 Å². The van der Waals surface area contributed by atoms with Crippen molar-refractivity contribution in [3.63, 3.8) is 0 Å². The molecule has 0 radical (unpaired) electrons. The van der Waals surface area contributed by atoms with Crippen molar-refractivity contribution in [2.45, 2.75) is 26.4 Å². The summed E-state index contributed by atoms with van der Waals surface area (Å²) in [6, 6.07) is 0. The molecule has 7 heteroatoms. The normalized spacial score (nSPS) is 13.6. The summed E-state index contributed by atoms with van der Waals surface area (Å²) in [5.74, 6) is -0.428. The lowest BCUT2D eigenvalue weighted by Crippen LogP contribution is -2.24. The molecule has 94 valence electrons. The van der Waals surface area contributed by atoms with Crippen molar-refractivity contribution in [2.75, 3.05) is 6.61 Å². The van der Waals surface area contributed by atoms with Gasteiger partial charge in [0.05, 0.1) is 6.61 Å². The van der Waals surface area contributed by atoms with Crippen LogP contribution in [0.2, 0.25) is 0 Å². The molecule has 0 saturated heterocycles. The van der Waals surface area contributed by atoms with Gasteiger partial charge in [0.15, 0.2) is 0 Å². The number of ether oxygens (including phenoxy) is 1. The molecule has 0 aliphatic carbocycles. The second kappa shape index (κ2) is 6.81. The smallest absolute Gasteiger partial charge is 0.457 e. The maximum Gasteiger partial charge on any atom is 0.469 e. The summed E-state index contributed by atoms with van der Waals surface area (Å²) in [6.45, 7) is 6.69. The lowest BCUT2D eigenvalue weighted by atomic mass is 10.1. The second-order valence-corrected chi connectivity index (χ2v) is 4.92. The molecule has 0 aromatic heterocycles. The molecule has 0 aliphatic rings. The molecule has 16 heavy (non-hydrogen) atoms. The summed E-state index contributed by atoms with van der Waals surface area (Å²) in [5.41, 5.74) is 0. The molecule has 0 bridgehead atoms. The minimum Gasteiger partial charge on any atom is -0.457 e. The van der Waals surface area contributed by atoms with Gasteiger partial charge in [-0.25, -0.2) is 9.36 Å². The molecule has 1 unspecified atom stereocenters.